The van der Waals surface area contributed by atoms with E-state index in [1.54, 1.807) is 0 Å². The van der Waals surface area contributed by atoms with Crippen LogP contribution >= 0.6 is 0 Å². The highest BCUT2D eigenvalue weighted by molar-refractivity contribution is 6.81. The van der Waals surface area contributed by atoms with E-state index in [0.29, 0.717) is 0 Å². The molecule has 0 saturated heterocycles. The van der Waals surface area contributed by atoms with E-state index >= 15 is 0 Å². The van der Waals surface area contributed by atoms with Crippen molar-refractivity contribution in [3.05, 3.63) is 11.3 Å². The summed E-state index contributed by atoms with van der Waals surface area (Å²) in [5.41, 5.74) is 3.90. The number of rotatable bonds is 2. The third-order valence-electron chi connectivity index (χ3n) is 2.49. The first-order valence-electron chi connectivity index (χ1n) is 5.21. The van der Waals surface area contributed by atoms with Crippen molar-refractivity contribution in [1.29, 1.82) is 0 Å². The van der Waals surface area contributed by atoms with Gasteiger partial charge in [-0.25, -0.2) is 0 Å². The van der Waals surface area contributed by atoms with Gasteiger partial charge in [0.1, 0.15) is 0 Å². The summed E-state index contributed by atoms with van der Waals surface area (Å²) in [6, 6.07) is 0. The molecule has 3 heteroatoms. The van der Waals surface area contributed by atoms with Crippen molar-refractivity contribution < 1.29 is 9.53 Å². The lowest BCUT2D eigenvalue weighted by Crippen LogP contribution is -2.17. The fourth-order valence-electron chi connectivity index (χ4n) is 1.99. The van der Waals surface area contributed by atoms with Gasteiger partial charge in [0.2, 0.25) is 0 Å². The van der Waals surface area contributed by atoms with Gasteiger partial charge in [0, 0.05) is 0 Å². The molecule has 0 radical (unpaired) electrons. The predicted octanol–water partition coefficient (Wildman–Crippen LogP) is 2.76. The first kappa shape index (κ1) is 11.5. The minimum absolute atomic E-state index is 0.0380. The van der Waals surface area contributed by atoms with Crippen molar-refractivity contribution in [2.24, 2.45) is 5.92 Å². The molecule has 1 fully saturated rings. The van der Waals surface area contributed by atoms with Crippen LogP contribution in [-0.2, 0) is 9.53 Å². The molecule has 0 heterocycles. The number of hydrogen-bond donors (Lipinski definition) is 0. The molecule has 1 saturated carbocycles. The van der Waals surface area contributed by atoms with Gasteiger partial charge in [-0.1, -0.05) is 30.9 Å². The Hall–Kier alpha value is -0.573. The Bertz CT molecular complexity index is 251. The van der Waals surface area contributed by atoms with Gasteiger partial charge in [0.15, 0.2) is 0 Å². The molecule has 0 aromatic heterocycles. The summed E-state index contributed by atoms with van der Waals surface area (Å²) in [7, 11) is 0.364. The van der Waals surface area contributed by atoms with E-state index in [4.69, 9.17) is 4.74 Å². The van der Waals surface area contributed by atoms with Gasteiger partial charge in [0.05, 0.1) is 21.1 Å². The second kappa shape index (κ2) is 4.30. The van der Waals surface area contributed by atoms with Crippen LogP contribution in [0, 0.1) is 5.92 Å². The maximum atomic E-state index is 11.3. The monoisotopic (exact) mass is 212 g/mol. The van der Waals surface area contributed by atoms with Crippen LogP contribution in [0.25, 0.3) is 0 Å². The van der Waals surface area contributed by atoms with Gasteiger partial charge in [-0.3, -0.25) is 4.79 Å². The summed E-state index contributed by atoms with van der Waals surface area (Å²) in [4.78, 5) is 11.3. The van der Waals surface area contributed by atoms with E-state index in [1.165, 1.54) is 12.7 Å². The number of allylic oxidation sites excluding steroid dienone is 1. The number of carbonyl (C=O) groups excluding carboxylic acids is 1. The van der Waals surface area contributed by atoms with Crippen LogP contribution in [0.15, 0.2) is 11.3 Å². The molecule has 1 unspecified atom stereocenters. The predicted molar refractivity (Wildman–Crippen MR) is 60.8 cm³/mol. The molecule has 80 valence electrons. The van der Waals surface area contributed by atoms with Gasteiger partial charge in [-0.15, -0.1) is 0 Å². The molecule has 0 aromatic rings. The molecule has 1 aliphatic carbocycles. The van der Waals surface area contributed by atoms with Crippen LogP contribution in [0.2, 0.25) is 19.6 Å². The van der Waals surface area contributed by atoms with Crippen molar-refractivity contribution in [1.82, 2.24) is 0 Å². The third-order valence-corrected chi connectivity index (χ3v) is 3.77. The third kappa shape index (κ3) is 3.29. The summed E-state index contributed by atoms with van der Waals surface area (Å²) in [5.74, 6) is 0.0894. The molecule has 2 nitrogen and oxygen atoms in total. The second-order valence-corrected chi connectivity index (χ2v) is 10.2. The average Bonchev–Trinajstić information content (AvgIpc) is 2.48. The highest BCUT2D eigenvalue weighted by Gasteiger charge is 2.27. The van der Waals surface area contributed by atoms with E-state index in [2.05, 4.69) is 25.3 Å². The summed E-state index contributed by atoms with van der Waals surface area (Å²) in [5, 5.41) is 0. The zero-order chi connectivity index (χ0) is 10.8. The molecule has 0 amide bonds. The number of methoxy groups -OCH3 is 1. The molecule has 0 N–H and O–H groups in total. The second-order valence-electron chi connectivity index (χ2n) is 5.13. The maximum absolute atomic E-state index is 11.3. The smallest absolute Gasteiger partial charge is 0.308 e. The van der Waals surface area contributed by atoms with Crippen molar-refractivity contribution in [3.8, 4) is 0 Å². The quantitative estimate of drug-likeness (QED) is 0.520. The molecule has 0 spiro atoms. The molecular formula is C11H20O2Si. The van der Waals surface area contributed by atoms with Crippen LogP contribution in [0.4, 0.5) is 0 Å². The van der Waals surface area contributed by atoms with E-state index < -0.39 is 8.07 Å². The van der Waals surface area contributed by atoms with Gasteiger partial charge in [-0.2, -0.15) is 0 Å². The number of esters is 1. The largest absolute Gasteiger partial charge is 0.469 e. The summed E-state index contributed by atoms with van der Waals surface area (Å²) < 4.78 is 4.76. The Morgan fingerprint density at radius 3 is 2.64 bits per heavy atom. The van der Waals surface area contributed by atoms with Crippen LogP contribution < -0.4 is 0 Å². The molecule has 14 heavy (non-hydrogen) atoms. The Balaban J connectivity index is 2.57. The molecule has 0 aromatic carbocycles. The van der Waals surface area contributed by atoms with Crippen LogP contribution in [0.1, 0.15) is 19.3 Å². The fraction of sp³-hybridized carbons (Fsp3) is 0.727. The average molecular weight is 212 g/mol. The highest BCUT2D eigenvalue weighted by atomic mass is 28.3. The Morgan fingerprint density at radius 1 is 1.50 bits per heavy atom. The van der Waals surface area contributed by atoms with Gasteiger partial charge in [0.25, 0.3) is 0 Å². The minimum Gasteiger partial charge on any atom is -0.469 e. The number of ether oxygens (including phenoxy) is 1. The Labute approximate surface area is 87.3 Å². The van der Waals surface area contributed by atoms with E-state index in [-0.39, 0.29) is 11.9 Å². The first-order chi connectivity index (χ1) is 6.42. The summed E-state index contributed by atoms with van der Waals surface area (Å²) >= 11 is 0. The molecule has 0 aliphatic heterocycles. The summed E-state index contributed by atoms with van der Waals surface area (Å²) in [6.45, 7) is 6.97. The number of hydrogen-bond acceptors (Lipinski definition) is 2. The van der Waals surface area contributed by atoms with Crippen LogP contribution in [0.3, 0.4) is 0 Å². The fourth-order valence-corrected chi connectivity index (χ4v) is 3.48. The van der Waals surface area contributed by atoms with E-state index in [9.17, 15) is 4.79 Å². The Morgan fingerprint density at radius 2 is 2.14 bits per heavy atom. The lowest BCUT2D eigenvalue weighted by atomic mass is 10.1. The van der Waals surface area contributed by atoms with Crippen LogP contribution in [-0.4, -0.2) is 21.2 Å². The molecular weight excluding hydrogens is 192 g/mol. The Kier molecular flexibility index (Phi) is 3.53. The zero-order valence-corrected chi connectivity index (χ0v) is 10.6. The minimum atomic E-state index is -1.11. The van der Waals surface area contributed by atoms with Crippen molar-refractivity contribution in [2.75, 3.05) is 7.11 Å². The normalized spacial score (nSPS) is 25.4. The zero-order valence-electron chi connectivity index (χ0n) is 9.59. The van der Waals surface area contributed by atoms with Gasteiger partial charge in [-0.05, 0) is 19.3 Å². The lowest BCUT2D eigenvalue weighted by Gasteiger charge is -2.11. The summed E-state index contributed by atoms with van der Waals surface area (Å²) in [6.07, 6.45) is 2.99. The van der Waals surface area contributed by atoms with Gasteiger partial charge < -0.3 is 4.74 Å². The molecule has 1 aliphatic rings. The molecule has 1 atom stereocenters. The molecule has 1 rings (SSSR count). The standard InChI is InChI=1S/C11H20O2Si/c1-13-11(12)10-6-5-9(7-10)8-14(2,3)4/h8,10H,5-7H2,1-4H3/b9-8+. The van der Waals surface area contributed by atoms with Crippen molar-refractivity contribution in [3.63, 3.8) is 0 Å². The molecule has 0 bridgehead atoms. The van der Waals surface area contributed by atoms with E-state index in [0.717, 1.165) is 19.3 Å². The number of carbonyl (C=O) groups is 1. The van der Waals surface area contributed by atoms with Crippen LogP contribution in [0.5, 0.6) is 0 Å². The van der Waals surface area contributed by atoms with E-state index in [1.807, 2.05) is 0 Å². The van der Waals surface area contributed by atoms with Gasteiger partial charge >= 0.3 is 5.97 Å². The van der Waals surface area contributed by atoms with Crippen molar-refractivity contribution >= 4 is 14.0 Å². The topological polar surface area (TPSA) is 26.3 Å². The SMILES string of the molecule is COC(=O)C1CC/C(=C\[Si](C)(C)C)C1. The lowest BCUT2D eigenvalue weighted by molar-refractivity contribution is -0.145. The highest BCUT2D eigenvalue weighted by Crippen LogP contribution is 2.32. The van der Waals surface area contributed by atoms with Crippen molar-refractivity contribution in [2.45, 2.75) is 38.9 Å². The first-order valence-corrected chi connectivity index (χ1v) is 8.78. The maximum Gasteiger partial charge on any atom is 0.308 e.